The van der Waals surface area contributed by atoms with Crippen LogP contribution in [0.25, 0.3) is 0 Å². The van der Waals surface area contributed by atoms with Crippen LogP contribution in [0.3, 0.4) is 0 Å². The van der Waals surface area contributed by atoms with Crippen LogP contribution in [0.2, 0.25) is 0 Å². The number of halogens is 2. The van der Waals surface area contributed by atoms with Crippen molar-refractivity contribution in [2.75, 3.05) is 0 Å². The zero-order valence-corrected chi connectivity index (χ0v) is 6.15. The van der Waals surface area contributed by atoms with Gasteiger partial charge in [-0.3, -0.25) is 9.78 Å². The number of amides is 1. The number of alkyl halides is 2. The normalized spacial score (nSPS) is 8.58. The molecule has 1 heterocycles. The fraction of sp³-hybridized carbons (Fsp3) is 0.143. The van der Waals surface area contributed by atoms with Crippen LogP contribution in [0.15, 0.2) is 30.6 Å². The molecule has 0 aliphatic carbocycles. The maximum Gasteiger partial charge on any atom is 0.315 e. The van der Waals surface area contributed by atoms with E-state index in [9.17, 15) is 13.6 Å². The average molecular weight is 174 g/mol. The van der Waals surface area contributed by atoms with Gasteiger partial charge in [0.15, 0.2) is 0 Å². The summed E-state index contributed by atoms with van der Waals surface area (Å²) in [5.74, 6) is -1.57. The summed E-state index contributed by atoms with van der Waals surface area (Å²) in [5.41, 5.74) is 4.05. The predicted octanol–water partition coefficient (Wildman–Crippen LogP) is 0.818. The van der Waals surface area contributed by atoms with Gasteiger partial charge in [-0.25, -0.2) is 0 Å². The van der Waals surface area contributed by atoms with Gasteiger partial charge in [-0.05, 0) is 12.1 Å². The molecule has 1 aromatic heterocycles. The first-order valence-electron chi connectivity index (χ1n) is 3.07. The van der Waals surface area contributed by atoms with E-state index in [4.69, 9.17) is 0 Å². The Kier molecular flexibility index (Phi) is 5.42. The smallest absolute Gasteiger partial charge is 0.315 e. The van der Waals surface area contributed by atoms with Crippen LogP contribution in [-0.4, -0.2) is 17.3 Å². The van der Waals surface area contributed by atoms with E-state index in [0.29, 0.717) is 0 Å². The van der Waals surface area contributed by atoms with Crippen LogP contribution in [0.5, 0.6) is 0 Å². The second-order valence-electron chi connectivity index (χ2n) is 1.73. The Balaban J connectivity index is 0.000000202. The number of nitrogens with zero attached hydrogens (tertiary/aromatic N) is 1. The van der Waals surface area contributed by atoms with Crippen molar-refractivity contribution < 1.29 is 13.6 Å². The molecule has 0 aliphatic heterocycles. The van der Waals surface area contributed by atoms with Crippen molar-refractivity contribution in [2.45, 2.75) is 6.43 Å². The van der Waals surface area contributed by atoms with Gasteiger partial charge in [0, 0.05) is 12.4 Å². The summed E-state index contributed by atoms with van der Waals surface area (Å²) in [5, 5.41) is 0. The van der Waals surface area contributed by atoms with Crippen molar-refractivity contribution in [1.82, 2.24) is 4.98 Å². The largest absolute Gasteiger partial charge is 0.365 e. The minimum absolute atomic E-state index is 1.57. The Hall–Kier alpha value is -1.52. The molecule has 0 saturated heterocycles. The van der Waals surface area contributed by atoms with E-state index in [1.165, 1.54) is 0 Å². The van der Waals surface area contributed by atoms with Gasteiger partial charge in [0.05, 0.1) is 0 Å². The van der Waals surface area contributed by atoms with E-state index in [0.717, 1.165) is 0 Å². The molecular weight excluding hydrogens is 166 g/mol. The summed E-state index contributed by atoms with van der Waals surface area (Å²) in [7, 11) is 0. The molecule has 1 rings (SSSR count). The first-order chi connectivity index (χ1) is 5.64. The van der Waals surface area contributed by atoms with Gasteiger partial charge >= 0.3 is 6.43 Å². The van der Waals surface area contributed by atoms with Gasteiger partial charge in [-0.15, -0.1) is 0 Å². The van der Waals surface area contributed by atoms with Crippen LogP contribution in [-0.2, 0) is 4.79 Å². The number of hydrogen-bond donors (Lipinski definition) is 1. The van der Waals surface area contributed by atoms with Gasteiger partial charge in [-0.2, -0.15) is 8.78 Å². The van der Waals surface area contributed by atoms with Crippen molar-refractivity contribution in [1.29, 1.82) is 0 Å². The van der Waals surface area contributed by atoms with E-state index >= 15 is 0 Å². The lowest BCUT2D eigenvalue weighted by molar-refractivity contribution is -0.128. The summed E-state index contributed by atoms with van der Waals surface area (Å²) < 4.78 is 21.4. The second kappa shape index (κ2) is 6.21. The predicted molar refractivity (Wildman–Crippen MR) is 39.4 cm³/mol. The minimum atomic E-state index is -3.01. The fourth-order valence-corrected chi connectivity index (χ4v) is 0.313. The highest BCUT2D eigenvalue weighted by molar-refractivity contribution is 5.76. The number of nitrogens with two attached hydrogens (primary N) is 1. The van der Waals surface area contributed by atoms with E-state index in [1.54, 1.807) is 12.4 Å². The van der Waals surface area contributed by atoms with Gasteiger partial charge < -0.3 is 5.73 Å². The molecule has 0 atom stereocenters. The van der Waals surface area contributed by atoms with Crippen molar-refractivity contribution in [3.8, 4) is 0 Å². The monoisotopic (exact) mass is 174 g/mol. The molecule has 0 bridgehead atoms. The van der Waals surface area contributed by atoms with Crippen molar-refractivity contribution in [2.24, 2.45) is 5.73 Å². The number of carbonyl (C=O) groups excluding carboxylic acids is 1. The van der Waals surface area contributed by atoms with E-state index < -0.39 is 12.3 Å². The number of pyridine rings is 1. The molecule has 1 amide bonds. The zero-order chi connectivity index (χ0) is 9.40. The van der Waals surface area contributed by atoms with Gasteiger partial charge in [0.25, 0.3) is 5.91 Å². The molecule has 5 heteroatoms. The standard InChI is InChI=1S/C5H5N.C2H3F2NO/c1-2-4-6-5-3-1;3-1(4)2(5)6/h1-5H;1H,(H2,5,6). The highest BCUT2D eigenvalue weighted by Gasteiger charge is 2.07. The highest BCUT2D eigenvalue weighted by atomic mass is 19.3. The lowest BCUT2D eigenvalue weighted by Gasteiger charge is -1.82. The first kappa shape index (κ1) is 10.5. The molecule has 0 spiro atoms. The average Bonchev–Trinajstić information content (AvgIpc) is 2.08. The number of aromatic nitrogens is 1. The maximum absolute atomic E-state index is 10.7. The zero-order valence-electron chi connectivity index (χ0n) is 6.15. The third-order valence-electron chi connectivity index (χ3n) is 0.782. The summed E-state index contributed by atoms with van der Waals surface area (Å²) in [6, 6.07) is 5.72. The SMILES string of the molecule is NC(=O)C(F)F.c1ccncc1. The van der Waals surface area contributed by atoms with Crippen LogP contribution < -0.4 is 5.73 Å². The Morgan fingerprint density at radius 1 is 1.25 bits per heavy atom. The number of primary amides is 1. The number of carbonyl (C=O) groups is 1. The van der Waals surface area contributed by atoms with E-state index in [-0.39, 0.29) is 0 Å². The molecule has 1 aromatic rings. The lowest BCUT2D eigenvalue weighted by Crippen LogP contribution is -2.19. The summed E-state index contributed by atoms with van der Waals surface area (Å²) in [6.45, 7) is 0. The van der Waals surface area contributed by atoms with Crippen molar-refractivity contribution in [3.05, 3.63) is 30.6 Å². The number of rotatable bonds is 1. The lowest BCUT2D eigenvalue weighted by atomic mass is 10.5. The van der Waals surface area contributed by atoms with Crippen LogP contribution in [0.4, 0.5) is 8.78 Å². The molecule has 0 radical (unpaired) electrons. The molecule has 0 saturated carbocycles. The highest BCUT2D eigenvalue weighted by Crippen LogP contribution is 1.85. The van der Waals surface area contributed by atoms with Crippen molar-refractivity contribution in [3.63, 3.8) is 0 Å². The van der Waals surface area contributed by atoms with Crippen molar-refractivity contribution >= 4 is 5.91 Å². The van der Waals surface area contributed by atoms with Gasteiger partial charge in [0.2, 0.25) is 0 Å². The Morgan fingerprint density at radius 2 is 1.67 bits per heavy atom. The van der Waals surface area contributed by atoms with Crippen LogP contribution >= 0.6 is 0 Å². The molecule has 0 aromatic carbocycles. The minimum Gasteiger partial charge on any atom is -0.365 e. The Labute approximate surface area is 68.2 Å². The molecule has 12 heavy (non-hydrogen) atoms. The first-order valence-corrected chi connectivity index (χ1v) is 3.07. The third-order valence-corrected chi connectivity index (χ3v) is 0.782. The summed E-state index contributed by atoms with van der Waals surface area (Å²) >= 11 is 0. The van der Waals surface area contributed by atoms with Crippen LogP contribution in [0, 0.1) is 0 Å². The Bertz CT molecular complexity index is 189. The summed E-state index contributed by atoms with van der Waals surface area (Å²) in [4.78, 5) is 13.0. The molecule has 0 unspecified atom stereocenters. The molecule has 3 nitrogen and oxygen atoms in total. The molecule has 0 fully saturated rings. The summed E-state index contributed by atoms with van der Waals surface area (Å²) in [6.07, 6.45) is 0.491. The van der Waals surface area contributed by atoms with E-state index in [1.807, 2.05) is 18.2 Å². The molecular formula is C7H8F2N2O. The molecule has 0 aliphatic rings. The quantitative estimate of drug-likeness (QED) is 0.685. The van der Waals surface area contributed by atoms with E-state index in [2.05, 4.69) is 10.7 Å². The topological polar surface area (TPSA) is 56.0 Å². The third kappa shape index (κ3) is 6.60. The Morgan fingerprint density at radius 3 is 1.75 bits per heavy atom. The fourth-order valence-electron chi connectivity index (χ4n) is 0.313. The van der Waals surface area contributed by atoms with Gasteiger partial charge in [-0.1, -0.05) is 6.07 Å². The maximum atomic E-state index is 10.7. The van der Waals surface area contributed by atoms with Crippen LogP contribution in [0.1, 0.15) is 0 Å². The second-order valence-corrected chi connectivity index (χ2v) is 1.73. The molecule has 66 valence electrons. The number of hydrogen-bond acceptors (Lipinski definition) is 2. The van der Waals surface area contributed by atoms with Gasteiger partial charge in [0.1, 0.15) is 0 Å². The molecule has 2 N–H and O–H groups in total.